The Hall–Kier alpha value is -1.36. The van der Waals surface area contributed by atoms with Gasteiger partial charge in [-0.05, 0) is 6.92 Å². The first-order valence-electron chi connectivity index (χ1n) is 4.10. The fraction of sp³-hybridized carbons (Fsp3) is 0.500. The highest BCUT2D eigenvalue weighted by molar-refractivity contribution is 5.76. The molecule has 1 atom stereocenters. The number of aromatic nitrogens is 1. The molecule has 72 valence electrons. The van der Waals surface area contributed by atoms with Gasteiger partial charge in [0.1, 0.15) is 12.0 Å². The van der Waals surface area contributed by atoms with Crippen molar-refractivity contribution >= 4 is 5.91 Å². The van der Waals surface area contributed by atoms with Crippen LogP contribution in [0.25, 0.3) is 0 Å². The summed E-state index contributed by atoms with van der Waals surface area (Å²) < 4.78 is 4.60. The van der Waals surface area contributed by atoms with Gasteiger partial charge in [-0.25, -0.2) is 0 Å². The van der Waals surface area contributed by atoms with E-state index in [4.69, 9.17) is 5.73 Å². The molecule has 0 bridgehead atoms. The summed E-state index contributed by atoms with van der Waals surface area (Å²) in [5.41, 5.74) is 6.15. The second-order valence-electron chi connectivity index (χ2n) is 2.95. The Morgan fingerprint density at radius 1 is 1.85 bits per heavy atom. The molecule has 0 radical (unpaired) electrons. The summed E-state index contributed by atoms with van der Waals surface area (Å²) in [7, 11) is 0. The van der Waals surface area contributed by atoms with Gasteiger partial charge in [0.2, 0.25) is 5.91 Å². The molecule has 3 N–H and O–H groups in total. The zero-order chi connectivity index (χ0) is 9.68. The Kier molecular flexibility index (Phi) is 3.45. The highest BCUT2D eigenvalue weighted by atomic mass is 16.5. The largest absolute Gasteiger partial charge is 0.364 e. The van der Waals surface area contributed by atoms with E-state index in [0.717, 1.165) is 0 Å². The quantitative estimate of drug-likeness (QED) is 0.690. The fourth-order valence-corrected chi connectivity index (χ4v) is 0.882. The summed E-state index contributed by atoms with van der Waals surface area (Å²) in [5, 5.41) is 6.32. The van der Waals surface area contributed by atoms with Gasteiger partial charge >= 0.3 is 0 Å². The third kappa shape index (κ3) is 3.71. The van der Waals surface area contributed by atoms with Crippen LogP contribution in [0.1, 0.15) is 19.0 Å². The number of nitrogens with one attached hydrogen (secondary N) is 1. The highest BCUT2D eigenvalue weighted by Crippen LogP contribution is 1.93. The molecule has 0 aliphatic carbocycles. The molecule has 0 spiro atoms. The minimum absolute atomic E-state index is 0.0713. The SMILES string of the molecule is CC(N)CC(=O)NCc1ccon1. The van der Waals surface area contributed by atoms with Crippen LogP contribution in [0.15, 0.2) is 16.9 Å². The van der Waals surface area contributed by atoms with E-state index >= 15 is 0 Å². The van der Waals surface area contributed by atoms with E-state index in [0.29, 0.717) is 18.7 Å². The average molecular weight is 183 g/mol. The Balaban J connectivity index is 2.23. The molecule has 0 saturated carbocycles. The van der Waals surface area contributed by atoms with Crippen LogP contribution in [-0.2, 0) is 11.3 Å². The third-order valence-corrected chi connectivity index (χ3v) is 1.47. The molecule has 13 heavy (non-hydrogen) atoms. The van der Waals surface area contributed by atoms with Gasteiger partial charge in [-0.1, -0.05) is 5.16 Å². The number of rotatable bonds is 4. The highest BCUT2D eigenvalue weighted by Gasteiger charge is 2.04. The minimum Gasteiger partial charge on any atom is -0.364 e. The molecular formula is C8H13N3O2. The minimum atomic E-state index is -0.114. The van der Waals surface area contributed by atoms with Crippen LogP contribution in [0.2, 0.25) is 0 Å². The Labute approximate surface area is 76.3 Å². The second-order valence-corrected chi connectivity index (χ2v) is 2.95. The lowest BCUT2D eigenvalue weighted by molar-refractivity contribution is -0.121. The summed E-state index contributed by atoms with van der Waals surface area (Å²) in [6.07, 6.45) is 1.80. The van der Waals surface area contributed by atoms with Crippen molar-refractivity contribution < 1.29 is 9.32 Å². The van der Waals surface area contributed by atoms with Crippen molar-refractivity contribution in [3.8, 4) is 0 Å². The number of amides is 1. The maximum absolute atomic E-state index is 11.1. The lowest BCUT2D eigenvalue weighted by Crippen LogP contribution is -2.29. The van der Waals surface area contributed by atoms with Crippen LogP contribution in [0.5, 0.6) is 0 Å². The lowest BCUT2D eigenvalue weighted by atomic mass is 10.2. The number of nitrogens with zero attached hydrogens (tertiary/aromatic N) is 1. The first-order valence-corrected chi connectivity index (χ1v) is 4.10. The number of hydrogen-bond acceptors (Lipinski definition) is 4. The molecule has 0 saturated heterocycles. The second kappa shape index (κ2) is 4.61. The predicted molar refractivity (Wildman–Crippen MR) is 46.6 cm³/mol. The van der Waals surface area contributed by atoms with Crippen LogP contribution < -0.4 is 11.1 Å². The summed E-state index contributed by atoms with van der Waals surface area (Å²) >= 11 is 0. The van der Waals surface area contributed by atoms with Gasteiger partial charge in [0, 0.05) is 18.5 Å². The van der Waals surface area contributed by atoms with Gasteiger partial charge < -0.3 is 15.6 Å². The van der Waals surface area contributed by atoms with Gasteiger partial charge in [-0.2, -0.15) is 0 Å². The number of carbonyl (C=O) groups excluding carboxylic acids is 1. The molecule has 1 aromatic heterocycles. The molecule has 1 unspecified atom stereocenters. The van der Waals surface area contributed by atoms with E-state index in [1.54, 1.807) is 13.0 Å². The van der Waals surface area contributed by atoms with Crippen molar-refractivity contribution in [2.75, 3.05) is 0 Å². The van der Waals surface area contributed by atoms with Crippen LogP contribution in [-0.4, -0.2) is 17.1 Å². The molecule has 1 rings (SSSR count). The zero-order valence-electron chi connectivity index (χ0n) is 7.49. The molecule has 0 aliphatic rings. The summed E-state index contributed by atoms with van der Waals surface area (Å²) in [4.78, 5) is 11.1. The predicted octanol–water partition coefficient (Wildman–Crippen LogP) is 0.0281. The Morgan fingerprint density at radius 3 is 3.15 bits per heavy atom. The van der Waals surface area contributed by atoms with E-state index in [-0.39, 0.29) is 11.9 Å². The van der Waals surface area contributed by atoms with Crippen LogP contribution in [0, 0.1) is 0 Å². The van der Waals surface area contributed by atoms with Gasteiger partial charge in [-0.3, -0.25) is 4.79 Å². The maximum atomic E-state index is 11.1. The zero-order valence-corrected chi connectivity index (χ0v) is 7.49. The van der Waals surface area contributed by atoms with Gasteiger partial charge in [0.15, 0.2) is 0 Å². The number of nitrogens with two attached hydrogens (primary N) is 1. The standard InChI is InChI=1S/C8H13N3O2/c1-6(9)4-8(12)10-5-7-2-3-13-11-7/h2-3,6H,4-5,9H2,1H3,(H,10,12). The molecule has 1 heterocycles. The normalized spacial score (nSPS) is 12.5. The molecule has 1 aromatic rings. The van der Waals surface area contributed by atoms with E-state index in [1.807, 2.05) is 0 Å². The molecular weight excluding hydrogens is 170 g/mol. The maximum Gasteiger partial charge on any atom is 0.221 e. The van der Waals surface area contributed by atoms with Crippen molar-refractivity contribution in [1.29, 1.82) is 0 Å². The molecule has 5 nitrogen and oxygen atoms in total. The van der Waals surface area contributed by atoms with Gasteiger partial charge in [0.25, 0.3) is 0 Å². The summed E-state index contributed by atoms with van der Waals surface area (Å²) in [6, 6.07) is 1.59. The van der Waals surface area contributed by atoms with Crippen molar-refractivity contribution in [2.24, 2.45) is 5.73 Å². The monoisotopic (exact) mass is 183 g/mol. The molecule has 0 aromatic carbocycles. The van der Waals surface area contributed by atoms with Crippen LogP contribution in [0.3, 0.4) is 0 Å². The van der Waals surface area contributed by atoms with Crippen molar-refractivity contribution in [3.05, 3.63) is 18.0 Å². The summed E-state index contributed by atoms with van der Waals surface area (Å²) in [6.45, 7) is 2.18. The van der Waals surface area contributed by atoms with Crippen LogP contribution >= 0.6 is 0 Å². The average Bonchev–Trinajstić information content (AvgIpc) is 2.51. The van der Waals surface area contributed by atoms with E-state index in [1.165, 1.54) is 6.26 Å². The molecule has 0 fully saturated rings. The van der Waals surface area contributed by atoms with Crippen molar-refractivity contribution in [1.82, 2.24) is 10.5 Å². The van der Waals surface area contributed by atoms with Crippen molar-refractivity contribution in [2.45, 2.75) is 25.9 Å². The molecule has 5 heteroatoms. The first-order chi connectivity index (χ1) is 6.18. The summed E-state index contributed by atoms with van der Waals surface area (Å²) in [5.74, 6) is -0.0713. The number of carbonyl (C=O) groups is 1. The lowest BCUT2D eigenvalue weighted by Gasteiger charge is -2.04. The van der Waals surface area contributed by atoms with Crippen molar-refractivity contribution in [3.63, 3.8) is 0 Å². The molecule has 1 amide bonds. The fourth-order valence-electron chi connectivity index (χ4n) is 0.882. The topological polar surface area (TPSA) is 81.2 Å². The van der Waals surface area contributed by atoms with E-state index in [9.17, 15) is 4.79 Å². The number of hydrogen-bond donors (Lipinski definition) is 2. The molecule has 0 aliphatic heterocycles. The Morgan fingerprint density at radius 2 is 2.62 bits per heavy atom. The van der Waals surface area contributed by atoms with E-state index < -0.39 is 0 Å². The Bertz CT molecular complexity index is 256. The first kappa shape index (κ1) is 9.73. The smallest absolute Gasteiger partial charge is 0.221 e. The van der Waals surface area contributed by atoms with Gasteiger partial charge in [-0.15, -0.1) is 0 Å². The van der Waals surface area contributed by atoms with E-state index in [2.05, 4.69) is 15.0 Å². The van der Waals surface area contributed by atoms with Gasteiger partial charge in [0.05, 0.1) is 6.54 Å². The van der Waals surface area contributed by atoms with Crippen LogP contribution in [0.4, 0.5) is 0 Å². The third-order valence-electron chi connectivity index (χ3n) is 1.47.